The van der Waals surface area contributed by atoms with E-state index in [0.717, 1.165) is 0 Å². The van der Waals surface area contributed by atoms with Crippen LogP contribution < -0.4 is 0 Å². The molecule has 0 spiro atoms. The van der Waals surface area contributed by atoms with Gasteiger partial charge < -0.3 is 14.2 Å². The van der Waals surface area contributed by atoms with Crippen LogP contribution in [0.4, 0.5) is 0 Å². The highest BCUT2D eigenvalue weighted by Crippen LogP contribution is 2.25. The molecule has 0 aromatic carbocycles. The molecule has 102 valence electrons. The number of esters is 1. The number of ether oxygens (including phenoxy) is 3. The van der Waals surface area contributed by atoms with E-state index in [4.69, 9.17) is 14.2 Å². The fourth-order valence-corrected chi connectivity index (χ4v) is 1.46. The third kappa shape index (κ3) is 4.81. The van der Waals surface area contributed by atoms with Crippen LogP contribution in [0.5, 0.6) is 0 Å². The van der Waals surface area contributed by atoms with E-state index in [1.807, 2.05) is 6.92 Å². The summed E-state index contributed by atoms with van der Waals surface area (Å²) in [5, 5.41) is 0. The van der Waals surface area contributed by atoms with Crippen LogP contribution in [0.1, 0.15) is 20.3 Å². The lowest BCUT2D eigenvalue weighted by Gasteiger charge is -2.36. The predicted octanol–water partition coefficient (Wildman–Crippen LogP) is 1.63. The number of hydrogen-bond acceptors (Lipinski definition) is 5. The van der Waals surface area contributed by atoms with Crippen molar-refractivity contribution in [2.24, 2.45) is 0 Å². The molecule has 0 radical (unpaired) electrons. The summed E-state index contributed by atoms with van der Waals surface area (Å²) < 4.78 is 16.0. The first-order valence-electron chi connectivity index (χ1n) is 5.71. The third-order valence-electron chi connectivity index (χ3n) is 2.39. The van der Waals surface area contributed by atoms with Crippen LogP contribution in [0.3, 0.4) is 0 Å². The second-order valence-electron chi connectivity index (χ2n) is 3.56. The van der Waals surface area contributed by atoms with E-state index in [1.165, 1.54) is 0 Å². The summed E-state index contributed by atoms with van der Waals surface area (Å²) in [7, 11) is 0. The molecule has 0 saturated carbocycles. The second-order valence-corrected chi connectivity index (χ2v) is 3.56. The molecule has 0 aromatic rings. The molecular formula is C13H20O5. The molecule has 0 aliphatic carbocycles. The molecule has 1 unspecified atom stereocenters. The Labute approximate surface area is 107 Å². The van der Waals surface area contributed by atoms with Crippen LogP contribution in [0.15, 0.2) is 25.3 Å². The van der Waals surface area contributed by atoms with Gasteiger partial charge in [-0.1, -0.05) is 19.1 Å². The molecule has 1 atom stereocenters. The number of carbonyl (C=O) groups excluding carboxylic acids is 2. The minimum Gasteiger partial charge on any atom is -0.451 e. The largest absolute Gasteiger partial charge is 0.451 e. The number of hydrogen-bond donors (Lipinski definition) is 0. The van der Waals surface area contributed by atoms with Crippen LogP contribution in [0.2, 0.25) is 0 Å². The normalized spacial score (nSPS) is 12.6. The monoisotopic (exact) mass is 256 g/mol. The van der Waals surface area contributed by atoms with Gasteiger partial charge in [-0.3, -0.25) is 4.79 Å². The highest BCUT2D eigenvalue weighted by Gasteiger charge is 2.39. The molecular weight excluding hydrogens is 236 g/mol. The minimum absolute atomic E-state index is 0.109. The Kier molecular flexibility index (Phi) is 7.91. The maximum atomic E-state index is 11.0. The van der Waals surface area contributed by atoms with Gasteiger partial charge >= 0.3 is 5.97 Å². The van der Waals surface area contributed by atoms with Gasteiger partial charge in [-0.15, -0.1) is 13.2 Å². The molecule has 5 heteroatoms. The van der Waals surface area contributed by atoms with Crippen molar-refractivity contribution in [3.05, 3.63) is 25.3 Å². The lowest BCUT2D eigenvalue weighted by molar-refractivity contribution is -0.275. The summed E-state index contributed by atoms with van der Waals surface area (Å²) in [5.41, 5.74) is 0. The maximum absolute atomic E-state index is 11.0. The van der Waals surface area contributed by atoms with Crippen molar-refractivity contribution in [1.29, 1.82) is 0 Å². The lowest BCUT2D eigenvalue weighted by Crippen LogP contribution is -2.48. The van der Waals surface area contributed by atoms with Crippen molar-refractivity contribution in [3.63, 3.8) is 0 Å². The lowest BCUT2D eigenvalue weighted by atomic mass is 10.1. The molecule has 0 aliphatic rings. The van der Waals surface area contributed by atoms with E-state index in [0.29, 0.717) is 6.42 Å². The topological polar surface area (TPSA) is 61.8 Å². The van der Waals surface area contributed by atoms with Crippen molar-refractivity contribution in [3.8, 4) is 0 Å². The third-order valence-corrected chi connectivity index (χ3v) is 2.39. The summed E-state index contributed by atoms with van der Waals surface area (Å²) in [4.78, 5) is 21.3. The quantitative estimate of drug-likeness (QED) is 0.195. The summed E-state index contributed by atoms with van der Waals surface area (Å²) in [6.45, 7) is 11.0. The zero-order valence-electron chi connectivity index (χ0n) is 10.9. The van der Waals surface area contributed by atoms with E-state index in [9.17, 15) is 9.59 Å². The molecule has 0 amide bonds. The van der Waals surface area contributed by atoms with Crippen molar-refractivity contribution < 1.29 is 23.8 Å². The van der Waals surface area contributed by atoms with Gasteiger partial charge in [0.1, 0.15) is 0 Å². The van der Waals surface area contributed by atoms with Gasteiger partial charge in [0, 0.05) is 6.42 Å². The Morgan fingerprint density at radius 3 is 2.11 bits per heavy atom. The highest BCUT2D eigenvalue weighted by molar-refractivity contribution is 6.20. The van der Waals surface area contributed by atoms with Gasteiger partial charge in [0.05, 0.1) is 13.2 Å². The average molecular weight is 256 g/mol. The first kappa shape index (κ1) is 16.5. The Morgan fingerprint density at radius 2 is 1.78 bits per heavy atom. The molecule has 0 aliphatic heterocycles. The van der Waals surface area contributed by atoms with Crippen molar-refractivity contribution in [1.82, 2.24) is 0 Å². The number of carbonyl (C=O) groups is 2. The fourth-order valence-electron chi connectivity index (χ4n) is 1.46. The number of aldehydes is 1. The zero-order chi connectivity index (χ0) is 14.0. The van der Waals surface area contributed by atoms with Crippen molar-refractivity contribution >= 4 is 12.3 Å². The smallest absolute Gasteiger partial charge is 0.371 e. The molecule has 0 fully saturated rings. The molecule has 18 heavy (non-hydrogen) atoms. The Morgan fingerprint density at radius 1 is 1.28 bits per heavy atom. The van der Waals surface area contributed by atoms with Crippen LogP contribution >= 0.6 is 0 Å². The van der Waals surface area contributed by atoms with Crippen molar-refractivity contribution in [2.75, 3.05) is 13.2 Å². The first-order valence-corrected chi connectivity index (χ1v) is 5.71. The molecule has 0 rings (SSSR count). The van der Waals surface area contributed by atoms with Gasteiger partial charge in [-0.25, -0.2) is 4.79 Å². The predicted molar refractivity (Wildman–Crippen MR) is 66.9 cm³/mol. The fraction of sp³-hybridized carbons (Fsp3) is 0.538. The molecule has 0 saturated heterocycles. The van der Waals surface area contributed by atoms with Gasteiger partial charge in [0.15, 0.2) is 6.10 Å². The highest BCUT2D eigenvalue weighted by atomic mass is 16.7. The average Bonchev–Trinajstić information content (AvgIpc) is 2.39. The van der Waals surface area contributed by atoms with E-state index < -0.39 is 17.9 Å². The summed E-state index contributed by atoms with van der Waals surface area (Å²) in [6, 6.07) is 0. The van der Waals surface area contributed by atoms with E-state index in [1.54, 1.807) is 19.1 Å². The van der Waals surface area contributed by atoms with Gasteiger partial charge in [-0.2, -0.15) is 0 Å². The van der Waals surface area contributed by atoms with Crippen LogP contribution in [0.25, 0.3) is 0 Å². The summed E-state index contributed by atoms with van der Waals surface area (Å²) in [6.07, 6.45) is 2.96. The Bertz CT molecular complexity index is 286. The Balaban J connectivity index is 4.87. The molecule has 0 aromatic heterocycles. The number of rotatable bonds is 10. The molecule has 0 heterocycles. The standard InChI is InChI=1S/C13H20O5/c1-5-8-16-13(7-3,17-9-6-2)11(4)18-12(15)10-14/h5-6,10-11H,1-2,7-9H2,3-4H3. The SMILES string of the molecule is C=CCOC(CC)(OCC=C)C(C)OC(=O)C=O. The van der Waals surface area contributed by atoms with Gasteiger partial charge in [0.25, 0.3) is 0 Å². The first-order chi connectivity index (χ1) is 8.56. The van der Waals surface area contributed by atoms with E-state index in [2.05, 4.69) is 13.2 Å². The maximum Gasteiger partial charge on any atom is 0.371 e. The van der Waals surface area contributed by atoms with Crippen LogP contribution in [-0.2, 0) is 23.8 Å². The summed E-state index contributed by atoms with van der Waals surface area (Å²) in [5.74, 6) is -2.06. The molecule has 5 nitrogen and oxygen atoms in total. The van der Waals surface area contributed by atoms with Crippen molar-refractivity contribution in [2.45, 2.75) is 32.2 Å². The van der Waals surface area contributed by atoms with Gasteiger partial charge in [0.2, 0.25) is 12.1 Å². The van der Waals surface area contributed by atoms with Crippen LogP contribution in [0, 0.1) is 0 Å². The van der Waals surface area contributed by atoms with E-state index >= 15 is 0 Å². The Hall–Kier alpha value is -1.46. The van der Waals surface area contributed by atoms with Crippen LogP contribution in [-0.4, -0.2) is 37.4 Å². The molecule has 0 bridgehead atoms. The summed E-state index contributed by atoms with van der Waals surface area (Å²) >= 11 is 0. The second kappa shape index (κ2) is 8.60. The van der Waals surface area contributed by atoms with E-state index in [-0.39, 0.29) is 19.5 Å². The van der Waals surface area contributed by atoms with Gasteiger partial charge in [-0.05, 0) is 6.92 Å². The zero-order valence-corrected chi connectivity index (χ0v) is 10.9. The minimum atomic E-state index is -1.11. The molecule has 0 N–H and O–H groups in total.